The second-order valence-electron chi connectivity index (χ2n) is 3.11. The van der Waals surface area contributed by atoms with E-state index < -0.39 is 0 Å². The van der Waals surface area contributed by atoms with Gasteiger partial charge in [0.25, 0.3) is 0 Å². The van der Waals surface area contributed by atoms with E-state index in [4.69, 9.17) is 17.3 Å². The molecule has 0 unspecified atom stereocenters. The van der Waals surface area contributed by atoms with Crippen LogP contribution in [0.25, 0.3) is 11.3 Å². The molecule has 0 aliphatic heterocycles. The first-order valence-electron chi connectivity index (χ1n) is 4.38. The third-order valence-corrected chi connectivity index (χ3v) is 2.19. The Labute approximate surface area is 92.2 Å². The van der Waals surface area contributed by atoms with Gasteiger partial charge in [-0.05, 0) is 30.7 Å². The van der Waals surface area contributed by atoms with E-state index in [1.165, 1.54) is 0 Å². The lowest BCUT2D eigenvalue weighted by Crippen LogP contribution is -1.94. The van der Waals surface area contributed by atoms with Crippen molar-refractivity contribution in [3.63, 3.8) is 0 Å². The predicted octanol–water partition coefficient (Wildman–Crippen LogP) is 2.08. The highest BCUT2D eigenvalue weighted by Gasteiger charge is 2.05. The van der Waals surface area contributed by atoms with Crippen LogP contribution < -0.4 is 5.73 Å². The van der Waals surface area contributed by atoms with Crippen molar-refractivity contribution in [3.8, 4) is 11.3 Å². The van der Waals surface area contributed by atoms with Gasteiger partial charge in [0.1, 0.15) is 0 Å². The number of anilines is 1. The second-order valence-corrected chi connectivity index (χ2v) is 3.45. The van der Waals surface area contributed by atoms with Gasteiger partial charge in [0.05, 0.1) is 17.6 Å². The Morgan fingerprint density at radius 1 is 1.33 bits per heavy atom. The quantitative estimate of drug-likeness (QED) is 0.748. The van der Waals surface area contributed by atoms with Gasteiger partial charge >= 0.3 is 0 Å². The number of halogens is 1. The molecule has 0 bridgehead atoms. The van der Waals surface area contributed by atoms with Crippen molar-refractivity contribution < 1.29 is 0 Å². The maximum absolute atomic E-state index is 5.71. The third kappa shape index (κ3) is 2.05. The molecule has 0 aliphatic rings. The molecule has 0 amide bonds. The van der Waals surface area contributed by atoms with Crippen LogP contribution in [0.5, 0.6) is 0 Å². The molecule has 0 aromatic carbocycles. The molecule has 0 atom stereocenters. The summed E-state index contributed by atoms with van der Waals surface area (Å²) in [5.41, 5.74) is 8.73. The van der Waals surface area contributed by atoms with Gasteiger partial charge in [-0.2, -0.15) is 0 Å². The number of nitrogen functional groups attached to an aromatic ring is 1. The van der Waals surface area contributed by atoms with Crippen LogP contribution in [-0.4, -0.2) is 15.0 Å². The van der Waals surface area contributed by atoms with Gasteiger partial charge in [0.2, 0.25) is 5.28 Å². The summed E-state index contributed by atoms with van der Waals surface area (Å²) in [7, 11) is 0. The van der Waals surface area contributed by atoms with Gasteiger partial charge in [-0.15, -0.1) is 0 Å². The number of nitrogens with two attached hydrogens (primary N) is 1. The fourth-order valence-corrected chi connectivity index (χ4v) is 1.44. The average molecular weight is 221 g/mol. The van der Waals surface area contributed by atoms with E-state index in [2.05, 4.69) is 15.0 Å². The lowest BCUT2D eigenvalue weighted by Gasteiger charge is -2.05. The van der Waals surface area contributed by atoms with Crippen molar-refractivity contribution in [2.75, 3.05) is 5.73 Å². The Balaban J connectivity index is 2.58. The van der Waals surface area contributed by atoms with E-state index in [0.29, 0.717) is 5.69 Å². The van der Waals surface area contributed by atoms with Crippen LogP contribution in [0.4, 0.5) is 5.69 Å². The molecule has 4 nitrogen and oxygen atoms in total. The molecule has 2 heterocycles. The number of hydrogen-bond acceptors (Lipinski definition) is 4. The highest BCUT2D eigenvalue weighted by molar-refractivity contribution is 6.28. The number of aryl methyl sites for hydroxylation is 1. The van der Waals surface area contributed by atoms with E-state index >= 15 is 0 Å². The van der Waals surface area contributed by atoms with E-state index in [1.807, 2.05) is 13.0 Å². The van der Waals surface area contributed by atoms with Crippen molar-refractivity contribution in [2.45, 2.75) is 6.92 Å². The van der Waals surface area contributed by atoms with Crippen LogP contribution in [0.3, 0.4) is 0 Å². The number of pyridine rings is 1. The molecular formula is C10H9ClN4. The fraction of sp³-hybridized carbons (Fsp3) is 0.100. The number of hydrogen-bond donors (Lipinski definition) is 1. The topological polar surface area (TPSA) is 64.7 Å². The maximum Gasteiger partial charge on any atom is 0.222 e. The predicted molar refractivity (Wildman–Crippen MR) is 59.4 cm³/mol. The van der Waals surface area contributed by atoms with Crippen molar-refractivity contribution in [3.05, 3.63) is 35.5 Å². The van der Waals surface area contributed by atoms with Crippen molar-refractivity contribution in [1.82, 2.24) is 15.0 Å². The van der Waals surface area contributed by atoms with Crippen LogP contribution in [0.1, 0.15) is 5.69 Å². The molecule has 0 saturated heterocycles. The van der Waals surface area contributed by atoms with Gasteiger partial charge in [0.15, 0.2) is 0 Å². The summed E-state index contributed by atoms with van der Waals surface area (Å²) in [4.78, 5) is 12.1. The number of aromatic nitrogens is 3. The molecule has 2 N–H and O–H groups in total. The lowest BCUT2D eigenvalue weighted by atomic mass is 10.1. The second kappa shape index (κ2) is 3.82. The average Bonchev–Trinajstić information content (AvgIpc) is 2.22. The van der Waals surface area contributed by atoms with Crippen LogP contribution in [-0.2, 0) is 0 Å². The Morgan fingerprint density at radius 3 is 2.87 bits per heavy atom. The monoisotopic (exact) mass is 220 g/mol. The first-order chi connectivity index (χ1) is 7.16. The number of nitrogens with zero attached hydrogens (tertiary/aromatic N) is 3. The first kappa shape index (κ1) is 9.86. The largest absolute Gasteiger partial charge is 0.397 e. The Kier molecular flexibility index (Phi) is 2.51. The smallest absolute Gasteiger partial charge is 0.222 e. The molecule has 0 fully saturated rings. The molecule has 0 radical (unpaired) electrons. The highest BCUT2D eigenvalue weighted by atomic mass is 35.5. The molecule has 15 heavy (non-hydrogen) atoms. The third-order valence-electron chi connectivity index (χ3n) is 2.01. The first-order valence-corrected chi connectivity index (χ1v) is 4.75. The fourth-order valence-electron chi connectivity index (χ4n) is 1.29. The van der Waals surface area contributed by atoms with Crippen molar-refractivity contribution in [1.29, 1.82) is 0 Å². The summed E-state index contributed by atoms with van der Waals surface area (Å²) in [6.07, 6.45) is 3.22. The zero-order valence-corrected chi connectivity index (χ0v) is 8.86. The van der Waals surface area contributed by atoms with Crippen LogP contribution >= 0.6 is 11.6 Å². The minimum absolute atomic E-state index is 0.217. The minimum Gasteiger partial charge on any atom is -0.397 e. The van der Waals surface area contributed by atoms with E-state index in [-0.39, 0.29) is 5.28 Å². The van der Waals surface area contributed by atoms with Gasteiger partial charge in [0, 0.05) is 17.5 Å². The molecular weight excluding hydrogens is 212 g/mol. The molecule has 0 spiro atoms. The molecule has 2 aromatic heterocycles. The summed E-state index contributed by atoms with van der Waals surface area (Å²) in [6.45, 7) is 1.89. The van der Waals surface area contributed by atoms with Gasteiger partial charge in [-0.3, -0.25) is 4.98 Å². The zero-order valence-electron chi connectivity index (χ0n) is 8.11. The van der Waals surface area contributed by atoms with Crippen molar-refractivity contribution in [2.24, 2.45) is 0 Å². The Morgan fingerprint density at radius 2 is 2.13 bits per heavy atom. The summed E-state index contributed by atoms with van der Waals surface area (Å²) in [5.74, 6) is 0. The molecule has 76 valence electrons. The van der Waals surface area contributed by atoms with E-state index in [1.54, 1.807) is 18.5 Å². The van der Waals surface area contributed by atoms with Crippen LogP contribution in [0.15, 0.2) is 24.5 Å². The van der Waals surface area contributed by atoms with Gasteiger partial charge in [-0.1, -0.05) is 0 Å². The molecule has 5 heteroatoms. The molecule has 2 aromatic rings. The standard InChI is InChI=1S/C10H9ClN4/c1-6-8(4-7(12)5-14-6)9-2-3-13-10(11)15-9/h2-5H,12H2,1H3. The van der Waals surface area contributed by atoms with E-state index in [0.717, 1.165) is 17.0 Å². The molecule has 2 rings (SSSR count). The summed E-state index contributed by atoms with van der Waals surface area (Å²) < 4.78 is 0. The summed E-state index contributed by atoms with van der Waals surface area (Å²) >= 11 is 5.71. The molecule has 0 aliphatic carbocycles. The van der Waals surface area contributed by atoms with Crippen molar-refractivity contribution >= 4 is 17.3 Å². The Bertz CT molecular complexity index is 499. The Hall–Kier alpha value is -1.68. The maximum atomic E-state index is 5.71. The summed E-state index contributed by atoms with van der Waals surface area (Å²) in [5, 5.41) is 0.217. The lowest BCUT2D eigenvalue weighted by molar-refractivity contribution is 1.14. The van der Waals surface area contributed by atoms with E-state index in [9.17, 15) is 0 Å². The normalized spacial score (nSPS) is 10.3. The minimum atomic E-state index is 0.217. The van der Waals surface area contributed by atoms with Gasteiger partial charge < -0.3 is 5.73 Å². The highest BCUT2D eigenvalue weighted by Crippen LogP contribution is 2.22. The summed E-state index contributed by atoms with van der Waals surface area (Å²) in [6, 6.07) is 3.59. The van der Waals surface area contributed by atoms with Crippen LogP contribution in [0, 0.1) is 6.92 Å². The number of rotatable bonds is 1. The van der Waals surface area contributed by atoms with Gasteiger partial charge in [-0.25, -0.2) is 9.97 Å². The SMILES string of the molecule is Cc1ncc(N)cc1-c1ccnc(Cl)n1. The zero-order chi connectivity index (χ0) is 10.8. The van der Waals surface area contributed by atoms with Crippen LogP contribution in [0.2, 0.25) is 5.28 Å². The molecule has 0 saturated carbocycles.